The Labute approximate surface area is 257 Å². The summed E-state index contributed by atoms with van der Waals surface area (Å²) >= 11 is 0. The maximum atomic E-state index is 9.55. The molecule has 0 amide bonds. The molecule has 0 aliphatic heterocycles. The minimum Gasteiger partial charge on any atom is -0.508 e. The summed E-state index contributed by atoms with van der Waals surface area (Å²) in [6.45, 7) is 2.30. The largest absolute Gasteiger partial charge is 0.508 e. The molecule has 240 valence electrons. The average molecular weight is 573 g/mol. The lowest BCUT2D eigenvalue weighted by Gasteiger charge is -2.05. The molecule has 2 nitrogen and oxygen atoms in total. The molecule has 0 saturated heterocycles. The van der Waals surface area contributed by atoms with Gasteiger partial charge in [0, 0.05) is 6.07 Å². The van der Waals surface area contributed by atoms with E-state index < -0.39 is 0 Å². The summed E-state index contributed by atoms with van der Waals surface area (Å²) in [5.74, 6) is 0.335. The molecule has 0 saturated carbocycles. The van der Waals surface area contributed by atoms with Crippen LogP contribution in [0.1, 0.15) is 212 Å². The van der Waals surface area contributed by atoms with Gasteiger partial charge in [-0.05, 0) is 30.5 Å². The van der Waals surface area contributed by atoms with Crippen LogP contribution in [0, 0.1) is 0 Å². The van der Waals surface area contributed by atoms with E-state index >= 15 is 0 Å². The number of rotatable bonds is 32. The molecule has 2 N–H and O–H groups in total. The Bertz CT molecular complexity index is 635. The van der Waals surface area contributed by atoms with Gasteiger partial charge in [-0.1, -0.05) is 200 Å². The van der Waals surface area contributed by atoms with Crippen molar-refractivity contribution in [3.8, 4) is 11.5 Å². The molecule has 0 heterocycles. The monoisotopic (exact) mass is 573 g/mol. The van der Waals surface area contributed by atoms with Gasteiger partial charge in [0.15, 0.2) is 0 Å². The number of phenolic OH excluding ortho intramolecular Hbond substituents is 2. The fraction of sp³-hybridized carbons (Fsp3) is 0.846. The summed E-state index contributed by atoms with van der Waals surface area (Å²) in [5.41, 5.74) is 1.04. The number of hydrogen-bond acceptors (Lipinski definition) is 2. The van der Waals surface area contributed by atoms with Gasteiger partial charge in [-0.3, -0.25) is 0 Å². The Hall–Kier alpha value is -1.18. The van der Waals surface area contributed by atoms with Gasteiger partial charge in [-0.2, -0.15) is 0 Å². The van der Waals surface area contributed by atoms with Crippen molar-refractivity contribution in [2.24, 2.45) is 0 Å². The molecule has 1 rings (SSSR count). The highest BCUT2D eigenvalue weighted by molar-refractivity contribution is 5.36. The average Bonchev–Trinajstić information content (AvgIpc) is 2.95. The maximum absolute atomic E-state index is 9.55. The fourth-order valence-corrected chi connectivity index (χ4v) is 6.33. The van der Waals surface area contributed by atoms with Gasteiger partial charge in [-0.25, -0.2) is 0 Å². The van der Waals surface area contributed by atoms with E-state index in [1.807, 2.05) is 0 Å². The molecule has 0 aliphatic carbocycles. The lowest BCUT2D eigenvalue weighted by Crippen LogP contribution is -1.87. The molecule has 0 aliphatic rings. The van der Waals surface area contributed by atoms with E-state index in [1.165, 1.54) is 199 Å². The quantitative estimate of drug-likeness (QED) is 0.0843. The molecule has 0 spiro atoms. The van der Waals surface area contributed by atoms with Crippen LogP contribution in [0.2, 0.25) is 0 Å². The highest BCUT2D eigenvalue weighted by atomic mass is 16.3. The molecule has 0 fully saturated rings. The second kappa shape index (κ2) is 30.3. The van der Waals surface area contributed by atoms with E-state index in [1.54, 1.807) is 12.1 Å². The molecule has 0 aromatic heterocycles. The van der Waals surface area contributed by atoms with Gasteiger partial charge in [0.1, 0.15) is 11.5 Å². The lowest BCUT2D eigenvalue weighted by molar-refractivity contribution is 0.449. The number of aromatic hydroxyl groups is 2. The van der Waals surface area contributed by atoms with Gasteiger partial charge >= 0.3 is 0 Å². The van der Waals surface area contributed by atoms with Crippen LogP contribution in [0.3, 0.4) is 0 Å². The number of phenols is 2. The van der Waals surface area contributed by atoms with Crippen LogP contribution in [0.25, 0.3) is 0 Å². The number of benzene rings is 1. The molecular weight excluding hydrogens is 500 g/mol. The summed E-state index contributed by atoms with van der Waals surface area (Å²) in [5, 5.41) is 19.1. The van der Waals surface area contributed by atoms with Gasteiger partial charge in [-0.15, -0.1) is 0 Å². The molecule has 2 heteroatoms. The highest BCUT2D eigenvalue weighted by Crippen LogP contribution is 2.22. The fourth-order valence-electron chi connectivity index (χ4n) is 6.33. The first-order chi connectivity index (χ1) is 20.2. The van der Waals surface area contributed by atoms with Crippen LogP contribution in [-0.4, -0.2) is 10.2 Å². The Kier molecular flexibility index (Phi) is 28.0. The van der Waals surface area contributed by atoms with Crippen molar-refractivity contribution in [2.45, 2.75) is 212 Å². The predicted octanol–water partition coefficient (Wildman–Crippen LogP) is 13.8. The molecule has 0 atom stereocenters. The number of hydrogen-bond donors (Lipinski definition) is 2. The number of unbranched alkanes of at least 4 members (excludes halogenated alkanes) is 30. The van der Waals surface area contributed by atoms with Crippen molar-refractivity contribution in [1.82, 2.24) is 0 Å². The standard InChI is InChI=1S/C39H72O2/c1-2-3-4-5-6-7-8-9-10-11-12-13-14-15-16-17-18-19-20-21-22-23-24-25-26-27-28-29-30-31-32-33-37-34-38(40)36-39(41)35-37/h34-36,40-41H,2-33H2,1H3. The van der Waals surface area contributed by atoms with E-state index in [0.717, 1.165) is 18.4 Å². The van der Waals surface area contributed by atoms with Gasteiger partial charge < -0.3 is 10.2 Å². The minimum absolute atomic E-state index is 0.167. The lowest BCUT2D eigenvalue weighted by atomic mass is 10.0. The Morgan fingerprint density at radius 2 is 0.537 bits per heavy atom. The van der Waals surface area contributed by atoms with Crippen molar-refractivity contribution in [2.75, 3.05) is 0 Å². The molecule has 0 unspecified atom stereocenters. The number of aryl methyl sites for hydroxylation is 1. The third-order valence-electron chi connectivity index (χ3n) is 9.03. The molecule has 0 radical (unpaired) electrons. The maximum Gasteiger partial charge on any atom is 0.119 e. The molecule has 41 heavy (non-hydrogen) atoms. The van der Waals surface area contributed by atoms with Crippen LogP contribution in [0.15, 0.2) is 18.2 Å². The zero-order valence-corrected chi connectivity index (χ0v) is 27.8. The summed E-state index contributed by atoms with van der Waals surface area (Å²) < 4.78 is 0. The minimum atomic E-state index is 0.167. The van der Waals surface area contributed by atoms with Crippen molar-refractivity contribution in [1.29, 1.82) is 0 Å². The second-order valence-corrected chi connectivity index (χ2v) is 13.2. The first kappa shape index (κ1) is 37.8. The van der Waals surface area contributed by atoms with Crippen LogP contribution in [0.5, 0.6) is 11.5 Å². The van der Waals surface area contributed by atoms with E-state index in [2.05, 4.69) is 6.92 Å². The second-order valence-electron chi connectivity index (χ2n) is 13.2. The van der Waals surface area contributed by atoms with Crippen molar-refractivity contribution >= 4 is 0 Å². The van der Waals surface area contributed by atoms with E-state index in [9.17, 15) is 10.2 Å². The predicted molar refractivity (Wildman–Crippen MR) is 182 cm³/mol. The van der Waals surface area contributed by atoms with Crippen molar-refractivity contribution in [3.63, 3.8) is 0 Å². The first-order valence-electron chi connectivity index (χ1n) is 18.7. The van der Waals surface area contributed by atoms with Crippen molar-refractivity contribution < 1.29 is 10.2 Å². The van der Waals surface area contributed by atoms with Gasteiger partial charge in [0.2, 0.25) is 0 Å². The zero-order valence-electron chi connectivity index (χ0n) is 27.8. The van der Waals surface area contributed by atoms with Crippen LogP contribution >= 0.6 is 0 Å². The highest BCUT2D eigenvalue weighted by Gasteiger charge is 2.00. The van der Waals surface area contributed by atoms with Gasteiger partial charge in [0.25, 0.3) is 0 Å². The van der Waals surface area contributed by atoms with Crippen LogP contribution in [0.4, 0.5) is 0 Å². The van der Waals surface area contributed by atoms with Crippen molar-refractivity contribution in [3.05, 3.63) is 23.8 Å². The third-order valence-corrected chi connectivity index (χ3v) is 9.03. The summed E-state index contributed by atoms with van der Waals surface area (Å²) in [6, 6.07) is 4.93. The topological polar surface area (TPSA) is 40.5 Å². The van der Waals surface area contributed by atoms with E-state index in [4.69, 9.17) is 0 Å². The first-order valence-corrected chi connectivity index (χ1v) is 18.7. The van der Waals surface area contributed by atoms with Crippen LogP contribution < -0.4 is 0 Å². The Morgan fingerprint density at radius 1 is 0.317 bits per heavy atom. The summed E-state index contributed by atoms with van der Waals surface area (Å²) in [4.78, 5) is 0. The molecule has 1 aromatic rings. The van der Waals surface area contributed by atoms with Crippen LogP contribution in [-0.2, 0) is 6.42 Å². The summed E-state index contributed by atoms with van der Waals surface area (Å²) in [7, 11) is 0. The molecule has 0 bridgehead atoms. The molecule has 1 aromatic carbocycles. The smallest absolute Gasteiger partial charge is 0.119 e. The third kappa shape index (κ3) is 27.4. The van der Waals surface area contributed by atoms with Gasteiger partial charge in [0.05, 0.1) is 0 Å². The zero-order chi connectivity index (χ0) is 29.5. The van der Waals surface area contributed by atoms with E-state index in [-0.39, 0.29) is 11.5 Å². The Morgan fingerprint density at radius 3 is 0.780 bits per heavy atom. The SMILES string of the molecule is CCCCCCCCCCCCCCCCCCCCCCCCCCCCCCCCCc1cc(O)cc(O)c1. The Balaban J connectivity index is 1.66. The summed E-state index contributed by atoms with van der Waals surface area (Å²) in [6.07, 6.45) is 45.3. The van der Waals surface area contributed by atoms with E-state index in [0.29, 0.717) is 0 Å². The molecular formula is C39H72O2. The normalized spacial score (nSPS) is 11.4.